The highest BCUT2D eigenvalue weighted by Crippen LogP contribution is 2.38. The van der Waals surface area contributed by atoms with Crippen LogP contribution in [0.5, 0.6) is 0 Å². The van der Waals surface area contributed by atoms with Gasteiger partial charge in [-0.3, -0.25) is 0 Å². The maximum absolute atomic E-state index is 4.54. The van der Waals surface area contributed by atoms with Gasteiger partial charge >= 0.3 is 0 Å². The molecular weight excluding hydrogens is 528 g/mol. The third kappa shape index (κ3) is 6.46. The van der Waals surface area contributed by atoms with Crippen molar-refractivity contribution < 1.29 is 0 Å². The number of hydrogen-bond acceptors (Lipinski definition) is 0. The van der Waals surface area contributed by atoms with Crippen LogP contribution in [-0.2, 0) is 0 Å². The molecule has 0 unspecified atom stereocenters. The van der Waals surface area contributed by atoms with E-state index < -0.39 is 0 Å². The van der Waals surface area contributed by atoms with Crippen LogP contribution in [0.1, 0.15) is 22.3 Å². The second-order valence-electron chi connectivity index (χ2n) is 11.0. The van der Waals surface area contributed by atoms with Gasteiger partial charge in [-0.15, -0.1) is 0 Å². The molecule has 5 rings (SSSR count). The Hall–Kier alpha value is -5.46. The van der Waals surface area contributed by atoms with Gasteiger partial charge in [-0.2, -0.15) is 0 Å². The summed E-state index contributed by atoms with van der Waals surface area (Å²) in [6.45, 7) is 21.2. The number of rotatable bonds is 8. The molecule has 5 aromatic rings. The van der Waals surface area contributed by atoms with Gasteiger partial charge in [0, 0.05) is 0 Å². The first-order valence-corrected chi connectivity index (χ1v) is 14.9. The molecule has 0 fully saturated rings. The molecule has 0 aliphatic rings. The zero-order chi connectivity index (χ0) is 31.1. The van der Waals surface area contributed by atoms with Gasteiger partial charge in [0.15, 0.2) is 0 Å². The van der Waals surface area contributed by atoms with Crippen molar-refractivity contribution >= 4 is 32.7 Å². The van der Waals surface area contributed by atoms with Crippen LogP contribution in [0, 0.1) is 13.8 Å². The summed E-state index contributed by atoms with van der Waals surface area (Å²) in [6.07, 6.45) is 11.5. The lowest BCUT2D eigenvalue weighted by atomic mass is 9.88. The lowest BCUT2D eigenvalue weighted by Crippen LogP contribution is -1.91. The van der Waals surface area contributed by atoms with Crippen molar-refractivity contribution in [2.75, 3.05) is 0 Å². The van der Waals surface area contributed by atoms with Crippen LogP contribution < -0.4 is 0 Å². The van der Waals surface area contributed by atoms with Crippen LogP contribution >= 0.6 is 0 Å². The number of fused-ring (bicyclic) bond motifs is 2. The van der Waals surface area contributed by atoms with Gasteiger partial charge in [0.1, 0.15) is 0 Å². The minimum Gasteiger partial charge on any atom is -0.0991 e. The molecular formula is C44H38. The Morgan fingerprint density at radius 3 is 1.23 bits per heavy atom. The molecule has 0 saturated heterocycles. The van der Waals surface area contributed by atoms with E-state index in [4.69, 9.17) is 0 Å². The average Bonchev–Trinajstić information content (AvgIpc) is 3.04. The molecule has 0 heteroatoms. The molecule has 44 heavy (non-hydrogen) atoms. The summed E-state index contributed by atoms with van der Waals surface area (Å²) >= 11 is 0. The van der Waals surface area contributed by atoms with Gasteiger partial charge in [-0.1, -0.05) is 171 Å². The van der Waals surface area contributed by atoms with Crippen LogP contribution in [-0.4, -0.2) is 0 Å². The zero-order valence-electron chi connectivity index (χ0n) is 25.7. The summed E-state index contributed by atoms with van der Waals surface area (Å²) in [7, 11) is 0. The van der Waals surface area contributed by atoms with E-state index in [1.54, 1.807) is 12.2 Å². The highest BCUT2D eigenvalue weighted by molar-refractivity contribution is 6.08. The number of hydrogen-bond donors (Lipinski definition) is 0. The normalized spacial score (nSPS) is 11.1. The monoisotopic (exact) mass is 566 g/mol. The van der Waals surface area contributed by atoms with Crippen LogP contribution in [0.15, 0.2) is 172 Å². The highest BCUT2D eigenvalue weighted by Gasteiger charge is 2.13. The van der Waals surface area contributed by atoms with Crippen molar-refractivity contribution in [2.45, 2.75) is 13.8 Å². The van der Waals surface area contributed by atoms with Gasteiger partial charge in [0.25, 0.3) is 0 Å². The van der Waals surface area contributed by atoms with E-state index >= 15 is 0 Å². The summed E-state index contributed by atoms with van der Waals surface area (Å²) in [5.41, 5.74) is 10.9. The Labute approximate surface area is 262 Å². The fourth-order valence-corrected chi connectivity index (χ4v) is 5.69. The SMILES string of the molecule is C=CC=CC(=C)c1cc(-c2cccc(C)c2)c2ccccc2c(-c2cccc(C)c2)cc(C(=C)C=CC=C)c2ccccc12. The molecule has 0 amide bonds. The van der Waals surface area contributed by atoms with E-state index in [2.05, 4.69) is 149 Å². The zero-order valence-corrected chi connectivity index (χ0v) is 25.7. The van der Waals surface area contributed by atoms with E-state index in [9.17, 15) is 0 Å². The van der Waals surface area contributed by atoms with Crippen LogP contribution in [0.25, 0.3) is 54.9 Å². The molecule has 0 spiro atoms. The molecule has 0 N–H and O–H groups in total. The summed E-state index contributed by atoms with van der Waals surface area (Å²) in [4.78, 5) is 0. The Kier molecular flexibility index (Phi) is 9.33. The van der Waals surface area contributed by atoms with E-state index in [0.29, 0.717) is 0 Å². The summed E-state index contributed by atoms with van der Waals surface area (Å²) in [5, 5.41) is 4.46. The van der Waals surface area contributed by atoms with Gasteiger partial charge in [-0.25, -0.2) is 0 Å². The Morgan fingerprint density at radius 1 is 0.477 bits per heavy atom. The second-order valence-corrected chi connectivity index (χ2v) is 11.0. The van der Waals surface area contributed by atoms with Crippen molar-refractivity contribution in [3.05, 3.63) is 194 Å². The Bertz CT molecular complexity index is 1890. The van der Waals surface area contributed by atoms with Crippen molar-refractivity contribution in [3.63, 3.8) is 0 Å². The predicted molar refractivity (Wildman–Crippen MR) is 196 cm³/mol. The third-order valence-electron chi connectivity index (χ3n) is 7.81. The fourth-order valence-electron chi connectivity index (χ4n) is 5.69. The van der Waals surface area contributed by atoms with E-state index in [1.807, 2.05) is 24.3 Å². The first-order chi connectivity index (χ1) is 21.4. The molecule has 0 bridgehead atoms. The molecule has 0 nitrogen and oxygen atoms in total. The third-order valence-corrected chi connectivity index (χ3v) is 7.81. The molecule has 0 saturated carbocycles. The van der Waals surface area contributed by atoms with Gasteiger partial charge in [0.05, 0.1) is 0 Å². The molecule has 0 heterocycles. The lowest BCUT2D eigenvalue weighted by Gasteiger charge is -2.15. The predicted octanol–water partition coefficient (Wildman–Crippen LogP) is 12.6. The smallest absolute Gasteiger partial charge is 0.00987 e. The van der Waals surface area contributed by atoms with Gasteiger partial charge in [-0.05, 0) is 92.1 Å². The van der Waals surface area contributed by atoms with Gasteiger partial charge < -0.3 is 0 Å². The maximum Gasteiger partial charge on any atom is -0.00987 e. The van der Waals surface area contributed by atoms with Crippen molar-refractivity contribution in [3.8, 4) is 22.3 Å². The van der Waals surface area contributed by atoms with Crippen molar-refractivity contribution in [2.24, 2.45) is 0 Å². The quantitative estimate of drug-likeness (QED) is 0.164. The van der Waals surface area contributed by atoms with Crippen molar-refractivity contribution in [1.82, 2.24) is 0 Å². The summed E-state index contributed by atoms with van der Waals surface area (Å²) in [6, 6.07) is 39.3. The minimum atomic E-state index is 0.898. The largest absolute Gasteiger partial charge is 0.0991 e. The first kappa shape index (κ1) is 30.0. The Morgan fingerprint density at radius 2 is 0.864 bits per heavy atom. The fraction of sp³-hybridized carbons (Fsp3) is 0.0455. The van der Waals surface area contributed by atoms with Crippen LogP contribution in [0.3, 0.4) is 0 Å². The van der Waals surface area contributed by atoms with Gasteiger partial charge in [0.2, 0.25) is 0 Å². The molecule has 0 aliphatic heterocycles. The topological polar surface area (TPSA) is 0 Å². The summed E-state index contributed by atoms with van der Waals surface area (Å²) < 4.78 is 0. The maximum atomic E-state index is 4.54. The molecule has 0 aliphatic carbocycles. The lowest BCUT2D eigenvalue weighted by molar-refractivity contribution is 1.47. The van der Waals surface area contributed by atoms with Crippen LogP contribution in [0.4, 0.5) is 0 Å². The summed E-state index contributed by atoms with van der Waals surface area (Å²) in [5.74, 6) is 0. The average molecular weight is 567 g/mol. The number of allylic oxidation sites excluding steroid dienone is 8. The molecule has 0 radical (unpaired) electrons. The second kappa shape index (κ2) is 13.7. The molecule has 5 aromatic carbocycles. The first-order valence-electron chi connectivity index (χ1n) is 14.9. The Balaban J connectivity index is 2.15. The molecule has 0 atom stereocenters. The minimum absolute atomic E-state index is 0.898. The number of aryl methyl sites for hydroxylation is 2. The van der Waals surface area contributed by atoms with Crippen molar-refractivity contribution in [1.29, 1.82) is 0 Å². The van der Waals surface area contributed by atoms with Crippen LogP contribution in [0.2, 0.25) is 0 Å². The van der Waals surface area contributed by atoms with E-state index in [0.717, 1.165) is 66.1 Å². The molecule has 0 aromatic heterocycles. The molecule has 214 valence electrons. The van der Waals surface area contributed by atoms with E-state index in [-0.39, 0.29) is 0 Å². The van der Waals surface area contributed by atoms with E-state index in [1.165, 1.54) is 11.1 Å². The highest BCUT2D eigenvalue weighted by atomic mass is 14.2. The standard InChI is InChI=1S/C44H38/c1-7-9-19-33(5)41-29-43(35-21-15-17-31(3)27-35)39-25-13-14-26-40(39)44(36-22-16-18-32(4)28-36)30-42(34(6)20-10-8-2)38-24-12-11-23-37(38)41/h7-30H,1-2,5-6H2,3-4H3. The number of benzene rings is 4.